The van der Waals surface area contributed by atoms with E-state index < -0.39 is 5.60 Å². The van der Waals surface area contributed by atoms with Gasteiger partial charge in [-0.3, -0.25) is 0 Å². The maximum absolute atomic E-state index is 10.1. The fourth-order valence-corrected chi connectivity index (χ4v) is 4.17. The van der Waals surface area contributed by atoms with Gasteiger partial charge in [-0.05, 0) is 55.4 Å². The van der Waals surface area contributed by atoms with Crippen molar-refractivity contribution in [3.8, 4) is 5.75 Å². The Kier molecular flexibility index (Phi) is 4.18. The zero-order valence-corrected chi connectivity index (χ0v) is 17.3. The zero-order chi connectivity index (χ0) is 21.0. The van der Waals surface area contributed by atoms with E-state index in [4.69, 9.17) is 15.5 Å². The number of rotatable bonds is 5. The van der Waals surface area contributed by atoms with Gasteiger partial charge < -0.3 is 15.6 Å². The first-order valence-electron chi connectivity index (χ1n) is 10.2. The number of methoxy groups -OCH3 is 1. The quantitative estimate of drug-likeness (QED) is 0.530. The molecule has 0 bridgehead atoms. The lowest BCUT2D eigenvalue weighted by atomic mass is 9.96. The normalized spacial score (nSPS) is 18.8. The minimum atomic E-state index is -0.818. The molecular formula is C23H25N5O2. The molecule has 2 aromatic heterocycles. The third-order valence-electron chi connectivity index (χ3n) is 5.97. The lowest BCUT2D eigenvalue weighted by Gasteiger charge is -2.17. The van der Waals surface area contributed by atoms with Crippen LogP contribution >= 0.6 is 0 Å². The Bertz CT molecular complexity index is 1240. The van der Waals surface area contributed by atoms with Crippen LogP contribution in [0.1, 0.15) is 43.1 Å². The van der Waals surface area contributed by atoms with Gasteiger partial charge in [-0.25, -0.2) is 9.97 Å². The summed E-state index contributed by atoms with van der Waals surface area (Å²) in [5, 5.41) is 15.6. The van der Waals surface area contributed by atoms with Gasteiger partial charge in [0.05, 0.1) is 12.7 Å². The average molecular weight is 403 g/mol. The maximum Gasteiger partial charge on any atom is 0.223 e. The Morgan fingerprint density at radius 3 is 2.63 bits per heavy atom. The molecule has 2 heterocycles. The van der Waals surface area contributed by atoms with E-state index in [-0.39, 0.29) is 0 Å². The van der Waals surface area contributed by atoms with E-state index in [1.165, 1.54) is 5.56 Å². The summed E-state index contributed by atoms with van der Waals surface area (Å²) in [6, 6.07) is 14.0. The molecule has 2 unspecified atom stereocenters. The predicted octanol–water partition coefficient (Wildman–Crippen LogP) is 3.44. The van der Waals surface area contributed by atoms with Crippen LogP contribution in [0, 0.1) is 5.92 Å². The van der Waals surface area contributed by atoms with Crippen LogP contribution in [0.25, 0.3) is 16.6 Å². The number of ether oxygens (including phenoxy) is 1. The number of benzene rings is 2. The van der Waals surface area contributed by atoms with E-state index in [1.807, 2.05) is 30.3 Å². The molecule has 1 fully saturated rings. The number of aliphatic hydroxyl groups is 1. The predicted molar refractivity (Wildman–Crippen MR) is 115 cm³/mol. The molecule has 0 radical (unpaired) electrons. The standard InChI is InChI=1S/C23H25N5O2/c1-23(2,29)15-9-7-13(8-10-15)17-11-14(17)12-19-25-21-16-5-4-6-18(30-3)20(16)26-22(24)28(21)27-19/h4-10,14,17,29H,11-12H2,1-3H3,(H2,24,26). The monoisotopic (exact) mass is 403 g/mol. The fraction of sp³-hybridized carbons (Fsp3) is 0.348. The Labute approximate surface area is 174 Å². The molecule has 5 rings (SSSR count). The smallest absolute Gasteiger partial charge is 0.223 e. The first-order chi connectivity index (χ1) is 14.3. The molecule has 3 N–H and O–H groups in total. The highest BCUT2D eigenvalue weighted by Gasteiger charge is 2.39. The molecule has 1 aliphatic carbocycles. The number of nitrogens with two attached hydrogens (primary N) is 1. The number of hydrogen-bond donors (Lipinski definition) is 2. The minimum absolute atomic E-state index is 0.301. The second kappa shape index (κ2) is 6.67. The molecule has 7 heteroatoms. The van der Waals surface area contributed by atoms with Crippen molar-refractivity contribution < 1.29 is 9.84 Å². The summed E-state index contributed by atoms with van der Waals surface area (Å²) in [6.07, 6.45) is 1.91. The largest absolute Gasteiger partial charge is 0.494 e. The summed E-state index contributed by atoms with van der Waals surface area (Å²) in [5.41, 5.74) is 8.96. The molecule has 2 atom stereocenters. The lowest BCUT2D eigenvalue weighted by molar-refractivity contribution is 0.0786. The van der Waals surface area contributed by atoms with Gasteiger partial charge in [0.1, 0.15) is 11.3 Å². The van der Waals surface area contributed by atoms with E-state index in [0.717, 1.165) is 29.6 Å². The van der Waals surface area contributed by atoms with Crippen molar-refractivity contribution in [1.82, 2.24) is 19.6 Å². The number of hydrogen-bond acceptors (Lipinski definition) is 6. The number of nitrogens with zero attached hydrogens (tertiary/aromatic N) is 4. The number of para-hydroxylation sites is 1. The van der Waals surface area contributed by atoms with E-state index >= 15 is 0 Å². The molecule has 0 spiro atoms. The summed E-state index contributed by atoms with van der Waals surface area (Å²) in [6.45, 7) is 3.60. The van der Waals surface area contributed by atoms with Gasteiger partial charge >= 0.3 is 0 Å². The van der Waals surface area contributed by atoms with Gasteiger partial charge in [-0.1, -0.05) is 30.3 Å². The van der Waals surface area contributed by atoms with E-state index in [0.29, 0.717) is 34.7 Å². The molecule has 0 amide bonds. The highest BCUT2D eigenvalue weighted by atomic mass is 16.5. The van der Waals surface area contributed by atoms with E-state index in [2.05, 4.69) is 22.2 Å². The third-order valence-corrected chi connectivity index (χ3v) is 5.97. The molecule has 0 aliphatic heterocycles. The van der Waals surface area contributed by atoms with Crippen LogP contribution in [0.4, 0.5) is 5.95 Å². The molecule has 2 aromatic carbocycles. The van der Waals surface area contributed by atoms with Crippen molar-refractivity contribution in [2.45, 2.75) is 38.2 Å². The van der Waals surface area contributed by atoms with Crippen molar-refractivity contribution in [2.75, 3.05) is 12.8 Å². The second-order valence-electron chi connectivity index (χ2n) is 8.58. The molecule has 1 saturated carbocycles. The maximum atomic E-state index is 10.1. The molecule has 154 valence electrons. The van der Waals surface area contributed by atoms with E-state index in [9.17, 15) is 5.11 Å². The Hall–Kier alpha value is -3.19. The molecule has 0 saturated heterocycles. The molecule has 7 nitrogen and oxygen atoms in total. The minimum Gasteiger partial charge on any atom is -0.494 e. The third kappa shape index (κ3) is 3.15. The number of nitrogen functional groups attached to an aromatic ring is 1. The summed E-state index contributed by atoms with van der Waals surface area (Å²) < 4.78 is 7.03. The Morgan fingerprint density at radius 2 is 1.93 bits per heavy atom. The zero-order valence-electron chi connectivity index (χ0n) is 17.3. The highest BCUT2D eigenvalue weighted by molar-refractivity contribution is 5.95. The number of aromatic nitrogens is 4. The fourth-order valence-electron chi connectivity index (χ4n) is 4.17. The van der Waals surface area contributed by atoms with Crippen molar-refractivity contribution in [1.29, 1.82) is 0 Å². The van der Waals surface area contributed by atoms with Crippen LogP contribution in [-0.2, 0) is 12.0 Å². The van der Waals surface area contributed by atoms with Crippen LogP contribution < -0.4 is 10.5 Å². The van der Waals surface area contributed by atoms with Crippen molar-refractivity contribution in [3.63, 3.8) is 0 Å². The molecular weight excluding hydrogens is 378 g/mol. The van der Waals surface area contributed by atoms with Crippen molar-refractivity contribution in [2.24, 2.45) is 5.92 Å². The summed E-state index contributed by atoms with van der Waals surface area (Å²) in [7, 11) is 1.62. The number of anilines is 1. The van der Waals surface area contributed by atoms with Gasteiger partial charge in [-0.2, -0.15) is 4.52 Å². The first kappa shape index (κ1) is 18.8. The topological polar surface area (TPSA) is 98.6 Å². The first-order valence-corrected chi connectivity index (χ1v) is 10.2. The van der Waals surface area contributed by atoms with Crippen LogP contribution in [-0.4, -0.2) is 31.8 Å². The van der Waals surface area contributed by atoms with Crippen molar-refractivity contribution in [3.05, 3.63) is 59.4 Å². The van der Waals surface area contributed by atoms with Gasteiger partial charge in [0.25, 0.3) is 0 Å². The molecule has 30 heavy (non-hydrogen) atoms. The van der Waals surface area contributed by atoms with Gasteiger partial charge in [0.2, 0.25) is 5.95 Å². The van der Waals surface area contributed by atoms with E-state index in [1.54, 1.807) is 25.5 Å². The number of fused-ring (bicyclic) bond motifs is 3. The van der Waals surface area contributed by atoms with Gasteiger partial charge in [0, 0.05) is 11.8 Å². The van der Waals surface area contributed by atoms with Gasteiger partial charge in [-0.15, -0.1) is 5.10 Å². The SMILES string of the molecule is COc1cccc2c1nc(N)n1nc(CC3CC3c3ccc(C(C)(C)O)cc3)nc21. The van der Waals surface area contributed by atoms with Crippen molar-refractivity contribution >= 4 is 22.5 Å². The average Bonchev–Trinajstić information content (AvgIpc) is 3.34. The Balaban J connectivity index is 1.40. The molecule has 4 aromatic rings. The van der Waals surface area contributed by atoms with Crippen LogP contribution in [0.3, 0.4) is 0 Å². The second-order valence-corrected chi connectivity index (χ2v) is 8.58. The van der Waals surface area contributed by atoms with Gasteiger partial charge in [0.15, 0.2) is 11.5 Å². The summed E-state index contributed by atoms with van der Waals surface area (Å²) in [4.78, 5) is 9.24. The van der Waals surface area contributed by atoms with Crippen LogP contribution in [0.15, 0.2) is 42.5 Å². The highest BCUT2D eigenvalue weighted by Crippen LogP contribution is 2.49. The lowest BCUT2D eigenvalue weighted by Crippen LogP contribution is -2.15. The van der Waals surface area contributed by atoms with Crippen LogP contribution in [0.2, 0.25) is 0 Å². The van der Waals surface area contributed by atoms with Crippen LogP contribution in [0.5, 0.6) is 5.75 Å². The summed E-state index contributed by atoms with van der Waals surface area (Å²) in [5.74, 6) is 2.75. The Morgan fingerprint density at radius 1 is 1.17 bits per heavy atom. The summed E-state index contributed by atoms with van der Waals surface area (Å²) >= 11 is 0. The molecule has 1 aliphatic rings.